The van der Waals surface area contributed by atoms with E-state index in [1.54, 1.807) is 6.92 Å². The maximum Gasteiger partial charge on any atom is 0.321 e. The largest absolute Gasteiger partial charge is 0.373 e. The van der Waals surface area contributed by atoms with E-state index < -0.39 is 0 Å². The Hall–Kier alpha value is -1.10. The summed E-state index contributed by atoms with van der Waals surface area (Å²) >= 11 is 0. The summed E-state index contributed by atoms with van der Waals surface area (Å²) in [5, 5.41) is 6.89. The molecular formula is C9H15N3O2. The molecule has 3 unspecified atom stereocenters. The summed E-state index contributed by atoms with van der Waals surface area (Å²) in [5.41, 5.74) is 0. The van der Waals surface area contributed by atoms with E-state index in [1.165, 1.54) is 0 Å². The lowest BCUT2D eigenvalue weighted by Gasteiger charge is -2.13. The van der Waals surface area contributed by atoms with Crippen LogP contribution in [0.3, 0.4) is 0 Å². The summed E-state index contributed by atoms with van der Waals surface area (Å²) in [6, 6.07) is 0.752. The van der Waals surface area contributed by atoms with Gasteiger partial charge in [-0.25, -0.2) is 0 Å². The molecule has 1 fully saturated rings. The molecule has 3 atom stereocenters. The third kappa shape index (κ3) is 1.87. The van der Waals surface area contributed by atoms with Crippen molar-refractivity contribution in [3.8, 4) is 0 Å². The number of ether oxygens (including phenoxy) is 1. The summed E-state index contributed by atoms with van der Waals surface area (Å²) in [6.07, 6.45) is 1.46. The summed E-state index contributed by atoms with van der Waals surface area (Å²) < 4.78 is 10.6. The lowest BCUT2D eigenvalue weighted by molar-refractivity contribution is 0.0648. The third-order valence-corrected chi connectivity index (χ3v) is 2.44. The van der Waals surface area contributed by atoms with Crippen LogP contribution in [0.1, 0.15) is 26.1 Å². The van der Waals surface area contributed by atoms with E-state index in [-0.39, 0.29) is 12.1 Å². The molecule has 0 aliphatic carbocycles. The minimum atomic E-state index is 0.192. The van der Waals surface area contributed by atoms with Crippen molar-refractivity contribution in [1.29, 1.82) is 0 Å². The Kier molecular flexibility index (Phi) is 2.41. The van der Waals surface area contributed by atoms with Gasteiger partial charge in [0.25, 0.3) is 0 Å². The number of aromatic nitrogens is 2. The van der Waals surface area contributed by atoms with Gasteiger partial charge in [0.1, 0.15) is 0 Å². The monoisotopic (exact) mass is 197 g/mol. The Bertz CT molecular complexity index is 313. The van der Waals surface area contributed by atoms with Gasteiger partial charge in [-0.2, -0.15) is 4.98 Å². The highest BCUT2D eigenvalue weighted by Crippen LogP contribution is 2.22. The van der Waals surface area contributed by atoms with E-state index in [2.05, 4.69) is 22.4 Å². The van der Waals surface area contributed by atoms with Gasteiger partial charge >= 0.3 is 6.01 Å². The van der Waals surface area contributed by atoms with Gasteiger partial charge in [0.05, 0.1) is 18.2 Å². The van der Waals surface area contributed by atoms with E-state index in [0.717, 1.165) is 6.42 Å². The van der Waals surface area contributed by atoms with Crippen LogP contribution in [0.15, 0.2) is 4.52 Å². The predicted octanol–water partition coefficient (Wildman–Crippen LogP) is 1.36. The van der Waals surface area contributed by atoms with Gasteiger partial charge in [-0.05, 0) is 27.2 Å². The molecule has 5 nitrogen and oxygen atoms in total. The van der Waals surface area contributed by atoms with Crippen LogP contribution in [0.2, 0.25) is 0 Å². The average molecular weight is 197 g/mol. The van der Waals surface area contributed by atoms with Crippen molar-refractivity contribution >= 4 is 6.01 Å². The van der Waals surface area contributed by atoms with Gasteiger partial charge in [0.15, 0.2) is 5.82 Å². The lowest BCUT2D eigenvalue weighted by Crippen LogP contribution is -2.26. The quantitative estimate of drug-likeness (QED) is 0.775. The van der Waals surface area contributed by atoms with Crippen molar-refractivity contribution in [2.45, 2.75) is 45.4 Å². The van der Waals surface area contributed by atoms with Crippen LogP contribution in [-0.4, -0.2) is 28.4 Å². The Morgan fingerprint density at radius 1 is 1.43 bits per heavy atom. The molecule has 1 aliphatic heterocycles. The van der Waals surface area contributed by atoms with E-state index in [9.17, 15) is 0 Å². The molecule has 1 aliphatic rings. The highest BCUT2D eigenvalue weighted by molar-refractivity contribution is 5.21. The molecule has 14 heavy (non-hydrogen) atoms. The molecule has 1 saturated heterocycles. The van der Waals surface area contributed by atoms with Crippen molar-refractivity contribution in [2.75, 3.05) is 5.32 Å². The fourth-order valence-electron chi connectivity index (χ4n) is 1.76. The first kappa shape index (κ1) is 9.45. The zero-order valence-corrected chi connectivity index (χ0v) is 8.65. The molecule has 78 valence electrons. The van der Waals surface area contributed by atoms with E-state index in [1.807, 2.05) is 6.92 Å². The van der Waals surface area contributed by atoms with Gasteiger partial charge in [0, 0.05) is 0 Å². The molecule has 2 rings (SSSR count). The standard InChI is InChI=1S/C9H15N3O2/c1-5-4-8(6(2)13-5)11-9-10-7(3)12-14-9/h5-6,8H,4H2,1-3H3,(H,10,11,12). The number of aryl methyl sites for hydroxylation is 1. The lowest BCUT2D eigenvalue weighted by atomic mass is 10.1. The molecule has 1 N–H and O–H groups in total. The molecular weight excluding hydrogens is 182 g/mol. The molecule has 0 saturated carbocycles. The minimum Gasteiger partial charge on any atom is -0.373 e. The normalized spacial score (nSPS) is 32.1. The second-order valence-corrected chi connectivity index (χ2v) is 3.79. The number of nitrogens with one attached hydrogen (secondary N) is 1. The molecule has 2 heterocycles. The van der Waals surface area contributed by atoms with Gasteiger partial charge in [-0.3, -0.25) is 0 Å². The topological polar surface area (TPSA) is 60.2 Å². The Morgan fingerprint density at radius 2 is 2.21 bits per heavy atom. The average Bonchev–Trinajstić information content (AvgIpc) is 2.61. The van der Waals surface area contributed by atoms with Crippen LogP contribution in [-0.2, 0) is 4.74 Å². The first-order valence-electron chi connectivity index (χ1n) is 4.87. The molecule has 0 aromatic carbocycles. The first-order valence-corrected chi connectivity index (χ1v) is 4.87. The number of anilines is 1. The van der Waals surface area contributed by atoms with Crippen molar-refractivity contribution < 1.29 is 9.26 Å². The first-order chi connectivity index (χ1) is 6.65. The Balaban J connectivity index is 1.98. The Morgan fingerprint density at radius 3 is 2.71 bits per heavy atom. The smallest absolute Gasteiger partial charge is 0.321 e. The fourth-order valence-corrected chi connectivity index (χ4v) is 1.76. The molecule has 0 spiro atoms. The van der Waals surface area contributed by atoms with Crippen LogP contribution in [0, 0.1) is 6.92 Å². The zero-order valence-electron chi connectivity index (χ0n) is 8.65. The summed E-state index contributed by atoms with van der Waals surface area (Å²) in [4.78, 5) is 4.09. The minimum absolute atomic E-state index is 0.192. The van der Waals surface area contributed by atoms with Gasteiger partial charge in [0.2, 0.25) is 0 Å². The number of nitrogens with zero attached hydrogens (tertiary/aromatic N) is 2. The van der Waals surface area contributed by atoms with Gasteiger partial charge in [-0.15, -0.1) is 0 Å². The van der Waals surface area contributed by atoms with E-state index in [0.29, 0.717) is 17.9 Å². The fraction of sp³-hybridized carbons (Fsp3) is 0.778. The zero-order chi connectivity index (χ0) is 10.1. The third-order valence-electron chi connectivity index (χ3n) is 2.44. The molecule has 0 bridgehead atoms. The van der Waals surface area contributed by atoms with Gasteiger partial charge < -0.3 is 14.6 Å². The molecule has 0 amide bonds. The van der Waals surface area contributed by atoms with Crippen LogP contribution in [0.4, 0.5) is 6.01 Å². The van der Waals surface area contributed by atoms with Crippen LogP contribution in [0.25, 0.3) is 0 Å². The molecule has 1 aromatic rings. The second kappa shape index (κ2) is 3.57. The van der Waals surface area contributed by atoms with Crippen molar-refractivity contribution in [3.63, 3.8) is 0 Å². The number of hydrogen-bond donors (Lipinski definition) is 1. The van der Waals surface area contributed by atoms with Crippen molar-refractivity contribution in [1.82, 2.24) is 10.1 Å². The van der Waals surface area contributed by atoms with Crippen molar-refractivity contribution in [2.24, 2.45) is 0 Å². The highest BCUT2D eigenvalue weighted by atomic mass is 16.5. The maximum absolute atomic E-state index is 5.60. The number of hydrogen-bond acceptors (Lipinski definition) is 5. The molecule has 0 radical (unpaired) electrons. The van der Waals surface area contributed by atoms with Crippen LogP contribution < -0.4 is 5.32 Å². The summed E-state index contributed by atoms with van der Waals surface area (Å²) in [7, 11) is 0. The maximum atomic E-state index is 5.60. The summed E-state index contributed by atoms with van der Waals surface area (Å²) in [6.45, 7) is 5.91. The van der Waals surface area contributed by atoms with E-state index in [4.69, 9.17) is 9.26 Å². The SMILES string of the molecule is Cc1noc(NC2CC(C)OC2C)n1. The van der Waals surface area contributed by atoms with Gasteiger partial charge in [-0.1, -0.05) is 5.16 Å². The second-order valence-electron chi connectivity index (χ2n) is 3.79. The number of rotatable bonds is 2. The molecule has 1 aromatic heterocycles. The van der Waals surface area contributed by atoms with Crippen molar-refractivity contribution in [3.05, 3.63) is 5.82 Å². The van der Waals surface area contributed by atoms with Crippen LogP contribution >= 0.6 is 0 Å². The van der Waals surface area contributed by atoms with Crippen LogP contribution in [0.5, 0.6) is 0 Å². The summed E-state index contributed by atoms with van der Waals surface area (Å²) in [5.74, 6) is 0.645. The Labute approximate surface area is 82.8 Å². The molecule has 5 heteroatoms. The highest BCUT2D eigenvalue weighted by Gasteiger charge is 2.30. The predicted molar refractivity (Wildman–Crippen MR) is 51.1 cm³/mol. The van der Waals surface area contributed by atoms with E-state index >= 15 is 0 Å².